The number of fused-ring (bicyclic) bond motifs is 10. The Balaban J connectivity index is 0.000000187. The van der Waals surface area contributed by atoms with Crippen LogP contribution in [0.25, 0.3) is 0 Å². The number of aliphatic carboxylic acids is 2. The summed E-state index contributed by atoms with van der Waals surface area (Å²) in [4.78, 5) is 43.1. The first-order valence-electron chi connectivity index (χ1n) is 28.1. The minimum atomic E-state index is -0.748. The summed E-state index contributed by atoms with van der Waals surface area (Å²) in [5.74, 6) is 2.24. The molecule has 8 aliphatic rings. The molecule has 0 aromatic carbocycles. The molecule has 0 aliphatic heterocycles. The molecule has 0 saturated heterocycles. The number of nitrogens with two attached hydrogens (primary N) is 6. The van der Waals surface area contributed by atoms with Gasteiger partial charge in [-0.15, -0.1) is 0 Å². The van der Waals surface area contributed by atoms with Crippen molar-refractivity contribution >= 4 is 47.6 Å². The maximum atomic E-state index is 11.5. The van der Waals surface area contributed by atoms with Crippen LogP contribution in [0, 0.1) is 92.7 Å². The van der Waals surface area contributed by atoms with Crippen LogP contribution in [0.4, 0.5) is 35.7 Å². The number of rotatable bonds is 8. The number of aliphatic hydroxyl groups excluding tert-OH is 6. The Hall–Kier alpha value is -4.52. The van der Waals surface area contributed by atoms with Crippen LogP contribution in [0.15, 0.2) is 0 Å². The average Bonchev–Trinajstić information content (AvgIpc) is 3.87. The molecule has 0 radical (unpaired) electrons. The second-order valence-corrected chi connectivity index (χ2v) is 25.7. The van der Waals surface area contributed by atoms with E-state index in [4.69, 9.17) is 44.6 Å². The third-order valence-electron chi connectivity index (χ3n) is 22.0. The van der Waals surface area contributed by atoms with Crippen LogP contribution >= 0.6 is 0 Å². The van der Waals surface area contributed by atoms with Gasteiger partial charge in [-0.25, -0.2) is 0 Å². The van der Waals surface area contributed by atoms with E-state index in [1.165, 1.54) is 0 Å². The Morgan fingerprint density at radius 1 is 0.481 bits per heavy atom. The van der Waals surface area contributed by atoms with Crippen LogP contribution in [0.3, 0.4) is 0 Å². The average molecular weight is 1090 g/mol. The van der Waals surface area contributed by atoms with Gasteiger partial charge in [-0.05, 0) is 195 Å². The lowest BCUT2D eigenvalue weighted by Crippen LogP contribution is -2.62. The Labute approximate surface area is 452 Å². The first-order valence-corrected chi connectivity index (χ1v) is 28.1. The number of aromatic nitrogens is 6. The summed E-state index contributed by atoms with van der Waals surface area (Å²) in [5, 5.41) is 84.0. The normalized spacial score (nSPS) is 42.0. The molecular weight excluding hydrogens is 993 g/mol. The Morgan fingerprint density at radius 2 is 0.779 bits per heavy atom. The van der Waals surface area contributed by atoms with E-state index in [1.807, 2.05) is 0 Å². The van der Waals surface area contributed by atoms with Gasteiger partial charge in [0.1, 0.15) is 0 Å². The smallest absolute Gasteiger partial charge is 0.303 e. The quantitative estimate of drug-likeness (QED) is 0.180. The second kappa shape index (κ2) is 24.1. The molecule has 8 aliphatic carbocycles. The van der Waals surface area contributed by atoms with Crippen LogP contribution in [-0.2, 0) is 9.59 Å². The van der Waals surface area contributed by atoms with Gasteiger partial charge < -0.3 is 80.7 Å². The van der Waals surface area contributed by atoms with Crippen molar-refractivity contribution < 1.29 is 55.9 Å². The SMILES string of the molecule is C[C@H](CCC(=O)O)[C@H]1CC[C@H]2[C@@H]3[C@H](O)C[C@@H]4C[C@H](O)CC[C@]4(C)[C@H]3C[C@H](O)[C@]12C.C[C@H](CCC(=O)O)[C@H]1CC[C@H]2[C@@H]3[C@H](O)C[C@@H]4C[C@H](O)CC[C@]4(C)[C@H]3C[C@H](O)[C@]12C.Nc1nc(N)nc(N)n1.Nc1nc(N)nc(N)n1.O. The monoisotopic (exact) mass is 1090 g/mol. The fraction of sp³-hybridized carbons (Fsp3) is 0.852. The summed E-state index contributed by atoms with van der Waals surface area (Å²) in [6.07, 6.45) is 12.0. The first-order chi connectivity index (χ1) is 35.5. The number of aliphatic hydroxyl groups is 6. The van der Waals surface area contributed by atoms with E-state index in [9.17, 15) is 40.2 Å². The molecule has 8 saturated carbocycles. The molecule has 0 bridgehead atoms. The largest absolute Gasteiger partial charge is 0.481 e. The molecule has 436 valence electrons. The van der Waals surface area contributed by atoms with Crippen LogP contribution in [-0.4, -0.2) is 125 Å². The number of hydrogen-bond donors (Lipinski definition) is 14. The molecular formula is C54H94N12O11. The number of carbonyl (C=O) groups is 2. The van der Waals surface area contributed by atoms with E-state index in [-0.39, 0.29) is 124 Å². The van der Waals surface area contributed by atoms with Gasteiger partial charge in [0.05, 0.1) is 36.6 Å². The zero-order valence-corrected chi connectivity index (χ0v) is 46.2. The van der Waals surface area contributed by atoms with Gasteiger partial charge in [0.2, 0.25) is 35.7 Å². The molecule has 77 heavy (non-hydrogen) atoms. The van der Waals surface area contributed by atoms with E-state index in [0.29, 0.717) is 60.2 Å². The van der Waals surface area contributed by atoms with Gasteiger partial charge in [0.15, 0.2) is 0 Å². The third-order valence-corrected chi connectivity index (χ3v) is 22.0. The van der Waals surface area contributed by atoms with Crippen molar-refractivity contribution in [2.45, 2.75) is 194 Å². The molecule has 2 heterocycles. The lowest BCUT2D eigenvalue weighted by molar-refractivity contribution is -0.207. The van der Waals surface area contributed by atoms with Gasteiger partial charge in [-0.3, -0.25) is 9.59 Å². The first kappa shape index (κ1) is 61.7. The van der Waals surface area contributed by atoms with E-state index >= 15 is 0 Å². The number of hydrogen-bond acceptors (Lipinski definition) is 20. The molecule has 10 rings (SSSR count). The highest BCUT2D eigenvalue weighted by atomic mass is 16.4. The highest BCUT2D eigenvalue weighted by Crippen LogP contribution is 2.70. The fourth-order valence-electron chi connectivity index (χ4n) is 18.2. The standard InChI is InChI=1S/2C24H40O5.2C3H6N6.H2O/c2*1-13(4-7-21(28)29)16-5-6-17-22-18(12-20(27)24(16,17)3)23(2)9-8-15(25)10-14(23)11-19(22)26;2*4-1-7-2(5)9-3(6)8-1;/h2*13-20,22,25-27H,4-12H2,1-3H3,(H,28,29);2*(H6,4,5,6,7,8,9);1H2/t2*13-,14+,15-,16-,17+,18+,19-,20+,22+,23+,24-;;;/m11.../s1. The van der Waals surface area contributed by atoms with E-state index < -0.39 is 24.1 Å². The minimum absolute atomic E-state index is 0. The highest BCUT2D eigenvalue weighted by molar-refractivity contribution is 5.67. The zero-order valence-electron chi connectivity index (χ0n) is 46.2. The summed E-state index contributed by atoms with van der Waals surface area (Å²) in [6.45, 7) is 13.4. The van der Waals surface area contributed by atoms with Crippen LogP contribution in [0.1, 0.15) is 157 Å². The van der Waals surface area contributed by atoms with Gasteiger partial charge in [-0.1, -0.05) is 41.5 Å². The van der Waals surface area contributed by atoms with E-state index in [1.54, 1.807) is 0 Å². The molecule has 0 spiro atoms. The van der Waals surface area contributed by atoms with Crippen LogP contribution < -0.4 is 34.4 Å². The van der Waals surface area contributed by atoms with Gasteiger partial charge in [0.25, 0.3) is 0 Å². The Bertz CT molecular complexity index is 2090. The number of anilines is 6. The zero-order chi connectivity index (χ0) is 56.0. The van der Waals surface area contributed by atoms with Crippen molar-refractivity contribution in [2.24, 2.45) is 92.7 Å². The number of nitrogen functional groups attached to an aromatic ring is 6. The van der Waals surface area contributed by atoms with Gasteiger partial charge >= 0.3 is 11.9 Å². The lowest BCUT2D eigenvalue weighted by atomic mass is 9.43. The van der Waals surface area contributed by atoms with E-state index in [2.05, 4.69) is 71.4 Å². The Kier molecular flexibility index (Phi) is 19.3. The van der Waals surface area contributed by atoms with Crippen molar-refractivity contribution in [3.63, 3.8) is 0 Å². The molecule has 22 N–H and O–H groups in total. The van der Waals surface area contributed by atoms with Crippen molar-refractivity contribution in [1.29, 1.82) is 0 Å². The number of carboxylic acid groups (broad SMARTS) is 2. The van der Waals surface area contributed by atoms with Crippen LogP contribution in [0.5, 0.6) is 0 Å². The minimum Gasteiger partial charge on any atom is -0.481 e. The molecule has 22 atom stereocenters. The molecule has 2 aromatic rings. The van der Waals surface area contributed by atoms with Gasteiger partial charge in [0, 0.05) is 12.8 Å². The molecule has 23 nitrogen and oxygen atoms in total. The summed E-state index contributed by atoms with van der Waals surface area (Å²) in [5.41, 5.74) is 30.5. The van der Waals surface area contributed by atoms with Crippen molar-refractivity contribution in [2.75, 3.05) is 34.4 Å². The highest BCUT2D eigenvalue weighted by Gasteiger charge is 2.67. The lowest BCUT2D eigenvalue weighted by Gasteiger charge is -2.63. The van der Waals surface area contributed by atoms with Crippen molar-refractivity contribution in [1.82, 2.24) is 29.9 Å². The maximum Gasteiger partial charge on any atom is 0.303 e. The topological polar surface area (TPSA) is 461 Å². The van der Waals surface area contributed by atoms with E-state index in [0.717, 1.165) is 89.9 Å². The molecule has 0 unspecified atom stereocenters. The number of carboxylic acids is 2. The second-order valence-electron chi connectivity index (χ2n) is 25.7. The third kappa shape index (κ3) is 12.3. The Morgan fingerprint density at radius 3 is 1.06 bits per heavy atom. The molecule has 23 heteroatoms. The predicted octanol–water partition coefficient (Wildman–Crippen LogP) is 3.31. The summed E-state index contributed by atoms with van der Waals surface area (Å²) in [6, 6.07) is 0. The summed E-state index contributed by atoms with van der Waals surface area (Å²) >= 11 is 0. The van der Waals surface area contributed by atoms with Crippen molar-refractivity contribution in [3.05, 3.63) is 0 Å². The number of nitrogens with zero attached hydrogens (tertiary/aromatic N) is 6. The maximum absolute atomic E-state index is 11.5. The van der Waals surface area contributed by atoms with Crippen LogP contribution in [0.2, 0.25) is 0 Å². The molecule has 0 amide bonds. The summed E-state index contributed by atoms with van der Waals surface area (Å²) < 4.78 is 0. The van der Waals surface area contributed by atoms with Crippen molar-refractivity contribution in [3.8, 4) is 0 Å². The van der Waals surface area contributed by atoms with Gasteiger partial charge in [-0.2, -0.15) is 29.9 Å². The predicted molar refractivity (Wildman–Crippen MR) is 290 cm³/mol. The fourth-order valence-corrected chi connectivity index (χ4v) is 18.2. The molecule has 2 aromatic heterocycles. The molecule has 8 fully saturated rings. The summed E-state index contributed by atoms with van der Waals surface area (Å²) in [7, 11) is 0.